The molecular formula is C24H20N4O2S. The molecule has 154 valence electrons. The minimum absolute atomic E-state index is 0.307. The largest absolute Gasteiger partial charge is 0.355 e. The molecule has 4 aromatic rings. The highest BCUT2D eigenvalue weighted by Crippen LogP contribution is 2.35. The number of fused-ring (bicyclic) bond motifs is 3. The molecule has 0 radical (unpaired) electrons. The second-order valence-electron chi connectivity index (χ2n) is 7.25. The zero-order valence-electron chi connectivity index (χ0n) is 16.6. The Morgan fingerprint density at radius 1 is 0.871 bits per heavy atom. The van der Waals surface area contributed by atoms with Crippen LogP contribution in [-0.4, -0.2) is 21.0 Å². The van der Waals surface area contributed by atoms with Crippen molar-refractivity contribution in [3.8, 4) is 0 Å². The summed E-state index contributed by atoms with van der Waals surface area (Å²) in [6.07, 6.45) is 2.54. The maximum absolute atomic E-state index is 12.3. The molecule has 6 nitrogen and oxygen atoms in total. The third-order valence-corrected chi connectivity index (χ3v) is 6.63. The van der Waals surface area contributed by atoms with Gasteiger partial charge < -0.3 is 16.0 Å². The van der Waals surface area contributed by atoms with Crippen LogP contribution in [0, 0.1) is 0 Å². The second kappa shape index (κ2) is 8.20. The number of hydrogen-bond acceptors (Lipinski definition) is 4. The smallest absolute Gasteiger partial charge is 0.323 e. The maximum atomic E-state index is 12.3. The number of para-hydroxylation sites is 1. The van der Waals surface area contributed by atoms with Gasteiger partial charge in [0, 0.05) is 45.0 Å². The summed E-state index contributed by atoms with van der Waals surface area (Å²) >= 11 is 0. The van der Waals surface area contributed by atoms with E-state index in [1.165, 1.54) is 0 Å². The van der Waals surface area contributed by atoms with Gasteiger partial charge in [-0.1, -0.05) is 24.3 Å². The minimum atomic E-state index is -0.946. The first-order valence-electron chi connectivity index (χ1n) is 9.96. The fourth-order valence-corrected chi connectivity index (χ4v) is 5.12. The SMILES string of the molecule is O=C(Nc1ccccc1)Nc1cccc(Nc2ccnc3ccc4c(c23)CCS4=O)c1. The van der Waals surface area contributed by atoms with Crippen LogP contribution in [0.2, 0.25) is 0 Å². The first-order chi connectivity index (χ1) is 15.2. The molecule has 1 aromatic heterocycles. The highest BCUT2D eigenvalue weighted by atomic mass is 32.2. The number of carbonyl (C=O) groups excluding carboxylic acids is 1. The minimum Gasteiger partial charge on any atom is -0.355 e. The van der Waals surface area contributed by atoms with Crippen molar-refractivity contribution in [2.45, 2.75) is 11.3 Å². The lowest BCUT2D eigenvalue weighted by molar-refractivity contribution is 0.262. The number of carbonyl (C=O) groups is 1. The molecule has 3 N–H and O–H groups in total. The van der Waals surface area contributed by atoms with Crippen LogP contribution in [0.25, 0.3) is 10.9 Å². The number of benzene rings is 3. The van der Waals surface area contributed by atoms with Crippen LogP contribution in [-0.2, 0) is 17.2 Å². The van der Waals surface area contributed by atoms with E-state index in [1.807, 2.05) is 72.8 Å². The molecule has 0 bridgehead atoms. The van der Waals surface area contributed by atoms with E-state index in [4.69, 9.17) is 0 Å². The van der Waals surface area contributed by atoms with E-state index in [9.17, 15) is 9.00 Å². The number of pyridine rings is 1. The summed E-state index contributed by atoms with van der Waals surface area (Å²) in [4.78, 5) is 17.7. The molecule has 0 fully saturated rings. The molecule has 1 atom stereocenters. The van der Waals surface area contributed by atoms with Crippen molar-refractivity contribution in [1.29, 1.82) is 0 Å². The summed E-state index contributed by atoms with van der Waals surface area (Å²) in [5.41, 5.74) is 5.11. The molecule has 1 unspecified atom stereocenters. The van der Waals surface area contributed by atoms with Crippen LogP contribution in [0.4, 0.5) is 27.5 Å². The highest BCUT2D eigenvalue weighted by Gasteiger charge is 2.22. The van der Waals surface area contributed by atoms with Gasteiger partial charge in [-0.05, 0) is 60.5 Å². The van der Waals surface area contributed by atoms with E-state index in [0.717, 1.165) is 44.8 Å². The molecule has 1 aliphatic heterocycles. The Hall–Kier alpha value is -3.71. The van der Waals surface area contributed by atoms with Gasteiger partial charge in [-0.15, -0.1) is 0 Å². The van der Waals surface area contributed by atoms with Crippen LogP contribution >= 0.6 is 0 Å². The Labute approximate surface area is 182 Å². The number of amides is 2. The third-order valence-electron chi connectivity index (χ3n) is 5.19. The van der Waals surface area contributed by atoms with Gasteiger partial charge in [0.05, 0.1) is 16.3 Å². The van der Waals surface area contributed by atoms with Crippen LogP contribution in [0.3, 0.4) is 0 Å². The number of nitrogens with zero attached hydrogens (tertiary/aromatic N) is 1. The van der Waals surface area contributed by atoms with Crippen LogP contribution < -0.4 is 16.0 Å². The number of nitrogens with one attached hydrogen (secondary N) is 3. The maximum Gasteiger partial charge on any atom is 0.323 e. The first kappa shape index (κ1) is 19.3. The van der Waals surface area contributed by atoms with Gasteiger partial charge in [0.1, 0.15) is 0 Å². The topological polar surface area (TPSA) is 83.1 Å². The number of aromatic nitrogens is 1. The molecule has 3 aromatic carbocycles. The van der Waals surface area contributed by atoms with E-state index in [-0.39, 0.29) is 6.03 Å². The predicted octanol–water partition coefficient (Wildman–Crippen LogP) is 5.29. The number of hydrogen-bond donors (Lipinski definition) is 3. The van der Waals surface area contributed by atoms with Gasteiger partial charge in [-0.3, -0.25) is 9.19 Å². The van der Waals surface area contributed by atoms with Gasteiger partial charge in [0.15, 0.2) is 0 Å². The lowest BCUT2D eigenvalue weighted by atomic mass is 10.0. The molecule has 2 heterocycles. The molecule has 0 saturated heterocycles. The van der Waals surface area contributed by atoms with Gasteiger partial charge in [0.2, 0.25) is 0 Å². The van der Waals surface area contributed by atoms with Gasteiger partial charge >= 0.3 is 6.03 Å². The van der Waals surface area contributed by atoms with Crippen LogP contribution in [0.5, 0.6) is 0 Å². The summed E-state index contributed by atoms with van der Waals surface area (Å²) in [5, 5.41) is 10.1. The van der Waals surface area contributed by atoms with Crippen molar-refractivity contribution in [3.63, 3.8) is 0 Å². The molecule has 1 aliphatic rings. The summed E-state index contributed by atoms with van der Waals surface area (Å²) < 4.78 is 12.3. The van der Waals surface area contributed by atoms with Crippen molar-refractivity contribution in [2.24, 2.45) is 0 Å². The molecule has 5 rings (SSSR count). The Kier molecular flexibility index (Phi) is 5.09. The Morgan fingerprint density at radius 3 is 2.52 bits per heavy atom. The van der Waals surface area contributed by atoms with Crippen LogP contribution in [0.15, 0.2) is 83.9 Å². The number of urea groups is 1. The highest BCUT2D eigenvalue weighted by molar-refractivity contribution is 7.85. The van der Waals surface area contributed by atoms with E-state index < -0.39 is 10.8 Å². The lowest BCUT2D eigenvalue weighted by Crippen LogP contribution is -2.19. The zero-order valence-corrected chi connectivity index (χ0v) is 17.4. The fraction of sp³-hybridized carbons (Fsp3) is 0.0833. The molecule has 31 heavy (non-hydrogen) atoms. The fourth-order valence-electron chi connectivity index (χ4n) is 3.82. The first-order valence-corrected chi connectivity index (χ1v) is 11.3. The normalized spacial score (nSPS) is 14.8. The number of anilines is 4. The standard InChI is InChI=1S/C24H20N4O2S/c29-24(27-16-5-2-1-3-6-16)28-18-8-4-7-17(15-18)26-21-11-13-25-20-9-10-22-19(23(20)21)12-14-31(22)30/h1-11,13,15H,12,14H2,(H,25,26)(H2,27,28,29). The summed E-state index contributed by atoms with van der Waals surface area (Å²) in [5.74, 6) is 0.651. The lowest BCUT2D eigenvalue weighted by Gasteiger charge is -2.14. The van der Waals surface area contributed by atoms with E-state index >= 15 is 0 Å². The summed E-state index contributed by atoms with van der Waals surface area (Å²) in [6.45, 7) is 0. The molecule has 0 saturated carbocycles. The van der Waals surface area contributed by atoms with Crippen molar-refractivity contribution >= 4 is 50.5 Å². The number of rotatable bonds is 4. The molecule has 0 spiro atoms. The van der Waals surface area contributed by atoms with Crippen LogP contribution in [0.1, 0.15) is 5.56 Å². The second-order valence-corrected chi connectivity index (χ2v) is 8.78. The average molecular weight is 429 g/mol. The van der Waals surface area contributed by atoms with E-state index in [1.54, 1.807) is 6.20 Å². The van der Waals surface area contributed by atoms with Crippen molar-refractivity contribution in [3.05, 3.63) is 84.6 Å². The Balaban J connectivity index is 1.40. The van der Waals surface area contributed by atoms with Gasteiger partial charge in [-0.2, -0.15) is 0 Å². The monoisotopic (exact) mass is 428 g/mol. The zero-order chi connectivity index (χ0) is 21.2. The quantitative estimate of drug-likeness (QED) is 0.413. The molecule has 0 aliphatic carbocycles. The van der Waals surface area contributed by atoms with Gasteiger partial charge in [-0.25, -0.2) is 4.79 Å². The average Bonchev–Trinajstić information content (AvgIpc) is 3.16. The Morgan fingerprint density at radius 2 is 1.65 bits per heavy atom. The third kappa shape index (κ3) is 4.00. The molecule has 2 amide bonds. The van der Waals surface area contributed by atoms with Crippen molar-refractivity contribution < 1.29 is 9.00 Å². The Bertz CT molecular complexity index is 1310. The van der Waals surface area contributed by atoms with Gasteiger partial charge in [0.25, 0.3) is 0 Å². The van der Waals surface area contributed by atoms with Crippen molar-refractivity contribution in [2.75, 3.05) is 21.7 Å². The van der Waals surface area contributed by atoms with Crippen molar-refractivity contribution in [1.82, 2.24) is 4.98 Å². The molecular weight excluding hydrogens is 408 g/mol. The predicted molar refractivity (Wildman–Crippen MR) is 126 cm³/mol. The van der Waals surface area contributed by atoms with E-state index in [2.05, 4.69) is 20.9 Å². The number of aryl methyl sites for hydroxylation is 1. The summed E-state index contributed by atoms with van der Waals surface area (Å²) in [6, 6.07) is 22.3. The molecule has 7 heteroatoms. The van der Waals surface area contributed by atoms with E-state index in [0.29, 0.717) is 11.4 Å². The summed E-state index contributed by atoms with van der Waals surface area (Å²) in [7, 11) is -0.946.